The summed E-state index contributed by atoms with van der Waals surface area (Å²) in [4.78, 5) is 32.1. The molecule has 2 aromatic heterocycles. The quantitative estimate of drug-likeness (QED) is 0.681. The Hall–Kier alpha value is -2.97. The Kier molecular flexibility index (Phi) is 7.69. The lowest BCUT2D eigenvalue weighted by molar-refractivity contribution is -0.154. The van der Waals surface area contributed by atoms with Crippen molar-refractivity contribution in [2.24, 2.45) is 0 Å². The van der Waals surface area contributed by atoms with Crippen molar-refractivity contribution in [1.82, 2.24) is 15.3 Å². The highest BCUT2D eigenvalue weighted by Gasteiger charge is 2.28. The number of carbonyl (C=O) groups excluding carboxylic acids is 2. The van der Waals surface area contributed by atoms with Crippen LogP contribution < -0.4 is 10.1 Å². The molecule has 0 aliphatic carbocycles. The van der Waals surface area contributed by atoms with Gasteiger partial charge in [0.2, 0.25) is 5.88 Å². The summed E-state index contributed by atoms with van der Waals surface area (Å²) in [5.74, 6) is -0.464. The third kappa shape index (κ3) is 7.17. The van der Waals surface area contributed by atoms with Gasteiger partial charge in [-0.25, -0.2) is 4.98 Å². The molecule has 2 heterocycles. The predicted molar refractivity (Wildman–Crippen MR) is 99.5 cm³/mol. The number of rotatable bonds is 9. The number of Topliss-reactive ketones (excluding diaryl/α,β-unsaturated/α-hetero) is 1. The zero-order chi connectivity index (χ0) is 21.4. The first-order chi connectivity index (χ1) is 13.7. The number of carbonyl (C=O) groups is 2. The second kappa shape index (κ2) is 9.99. The summed E-state index contributed by atoms with van der Waals surface area (Å²) in [5.41, 5.74) is 1.52. The fourth-order valence-electron chi connectivity index (χ4n) is 2.54. The molecule has 1 unspecified atom stereocenters. The number of nitrogens with zero attached hydrogens (tertiary/aromatic N) is 2. The van der Waals surface area contributed by atoms with Crippen molar-refractivity contribution in [3.05, 3.63) is 53.5 Å². The highest BCUT2D eigenvalue weighted by atomic mass is 19.4. The summed E-state index contributed by atoms with van der Waals surface area (Å²) < 4.78 is 41.2. The van der Waals surface area contributed by atoms with Gasteiger partial charge in [0.25, 0.3) is 5.91 Å². The van der Waals surface area contributed by atoms with Crippen molar-refractivity contribution < 1.29 is 27.5 Å². The van der Waals surface area contributed by atoms with Gasteiger partial charge in [-0.05, 0) is 24.1 Å². The second-order valence-corrected chi connectivity index (χ2v) is 6.37. The van der Waals surface area contributed by atoms with Crippen molar-refractivity contribution in [2.45, 2.75) is 45.3 Å². The Balaban J connectivity index is 2.04. The Morgan fingerprint density at radius 1 is 1.17 bits per heavy atom. The minimum atomic E-state index is -4.44. The molecule has 0 aromatic carbocycles. The van der Waals surface area contributed by atoms with Crippen LogP contribution in [0, 0.1) is 0 Å². The molecule has 0 fully saturated rings. The number of halogens is 3. The van der Waals surface area contributed by atoms with E-state index in [1.165, 1.54) is 18.5 Å². The summed E-state index contributed by atoms with van der Waals surface area (Å²) in [6.45, 7) is 2.20. The number of hydrogen-bond donors (Lipinski definition) is 1. The summed E-state index contributed by atoms with van der Waals surface area (Å²) in [6.07, 6.45) is -0.488. The number of pyridine rings is 2. The number of hydrogen-bond acceptors (Lipinski definition) is 5. The van der Waals surface area contributed by atoms with Gasteiger partial charge in [0, 0.05) is 42.6 Å². The highest BCUT2D eigenvalue weighted by Crippen LogP contribution is 2.21. The van der Waals surface area contributed by atoms with Gasteiger partial charge in [-0.15, -0.1) is 0 Å². The maximum atomic E-state index is 12.6. The normalized spacial score (nSPS) is 12.3. The smallest absolute Gasteiger partial charge is 0.422 e. The first-order valence-corrected chi connectivity index (χ1v) is 9.14. The van der Waals surface area contributed by atoms with Crippen molar-refractivity contribution in [2.75, 3.05) is 6.61 Å². The molecule has 0 saturated heterocycles. The lowest BCUT2D eigenvalue weighted by atomic mass is 10.1. The lowest BCUT2D eigenvalue weighted by Gasteiger charge is -2.18. The van der Waals surface area contributed by atoms with Crippen LogP contribution in [0.1, 0.15) is 54.3 Å². The van der Waals surface area contributed by atoms with Gasteiger partial charge in [0.15, 0.2) is 6.61 Å². The van der Waals surface area contributed by atoms with E-state index in [4.69, 9.17) is 0 Å². The molecule has 0 spiro atoms. The summed E-state index contributed by atoms with van der Waals surface area (Å²) in [7, 11) is 0. The van der Waals surface area contributed by atoms with Gasteiger partial charge in [-0.3, -0.25) is 14.6 Å². The van der Waals surface area contributed by atoms with Crippen LogP contribution in [0.5, 0.6) is 5.88 Å². The third-order valence-corrected chi connectivity index (χ3v) is 4.11. The Morgan fingerprint density at radius 3 is 2.52 bits per heavy atom. The lowest BCUT2D eigenvalue weighted by Crippen LogP contribution is -2.28. The first-order valence-electron chi connectivity index (χ1n) is 9.14. The molecule has 156 valence electrons. The van der Waals surface area contributed by atoms with Crippen molar-refractivity contribution >= 4 is 11.7 Å². The Labute approximate surface area is 166 Å². The van der Waals surface area contributed by atoms with E-state index in [-0.39, 0.29) is 30.0 Å². The molecular weight excluding hydrogens is 387 g/mol. The van der Waals surface area contributed by atoms with Gasteiger partial charge in [-0.2, -0.15) is 13.2 Å². The van der Waals surface area contributed by atoms with Crippen LogP contribution in [0.4, 0.5) is 13.2 Å². The summed E-state index contributed by atoms with van der Waals surface area (Å²) in [6, 6.07) is 5.62. The average molecular weight is 409 g/mol. The SMILES string of the molecule is CCC(=O)Cc1cc(C(=O)NC(CC)c2ccc(OCC(F)(F)F)nc2)ccn1. The van der Waals surface area contributed by atoms with E-state index in [1.54, 1.807) is 25.1 Å². The monoisotopic (exact) mass is 409 g/mol. The number of alkyl halides is 3. The molecule has 9 heteroatoms. The van der Waals surface area contributed by atoms with Gasteiger partial charge in [0.1, 0.15) is 5.78 Å². The molecule has 0 radical (unpaired) electrons. The molecule has 2 rings (SSSR count). The molecule has 2 aromatic rings. The molecule has 0 aliphatic heterocycles. The fourth-order valence-corrected chi connectivity index (χ4v) is 2.54. The highest BCUT2D eigenvalue weighted by molar-refractivity contribution is 5.94. The maximum Gasteiger partial charge on any atom is 0.422 e. The van der Waals surface area contributed by atoms with E-state index in [0.29, 0.717) is 29.7 Å². The Bertz CT molecular complexity index is 839. The molecule has 0 saturated carbocycles. The number of nitrogens with one attached hydrogen (secondary N) is 1. The molecule has 6 nitrogen and oxygen atoms in total. The molecule has 0 bridgehead atoms. The van der Waals surface area contributed by atoms with Gasteiger partial charge >= 0.3 is 6.18 Å². The van der Waals surface area contributed by atoms with Crippen LogP contribution in [-0.4, -0.2) is 34.4 Å². The van der Waals surface area contributed by atoms with Crippen molar-refractivity contribution in [3.63, 3.8) is 0 Å². The molecule has 1 atom stereocenters. The molecule has 1 N–H and O–H groups in total. The summed E-state index contributed by atoms with van der Waals surface area (Å²) in [5, 5.41) is 2.86. The molecule has 29 heavy (non-hydrogen) atoms. The third-order valence-electron chi connectivity index (χ3n) is 4.11. The number of aromatic nitrogens is 2. The van der Waals surface area contributed by atoms with Gasteiger partial charge in [-0.1, -0.05) is 19.9 Å². The van der Waals surface area contributed by atoms with Crippen LogP contribution >= 0.6 is 0 Å². The maximum absolute atomic E-state index is 12.6. The van der Waals surface area contributed by atoms with Crippen molar-refractivity contribution in [3.8, 4) is 5.88 Å². The van der Waals surface area contributed by atoms with Crippen LogP contribution in [0.25, 0.3) is 0 Å². The van der Waals surface area contributed by atoms with E-state index in [0.717, 1.165) is 0 Å². The van der Waals surface area contributed by atoms with Gasteiger partial charge < -0.3 is 10.1 Å². The number of ether oxygens (including phenoxy) is 1. The topological polar surface area (TPSA) is 81.2 Å². The van der Waals surface area contributed by atoms with Crippen LogP contribution in [0.3, 0.4) is 0 Å². The minimum absolute atomic E-state index is 0.0281. The number of ketones is 1. The van der Waals surface area contributed by atoms with E-state index < -0.39 is 12.8 Å². The van der Waals surface area contributed by atoms with Crippen LogP contribution in [0.15, 0.2) is 36.7 Å². The zero-order valence-electron chi connectivity index (χ0n) is 16.1. The Morgan fingerprint density at radius 2 is 1.93 bits per heavy atom. The van der Waals surface area contributed by atoms with Gasteiger partial charge in [0.05, 0.1) is 6.04 Å². The van der Waals surface area contributed by atoms with E-state index >= 15 is 0 Å². The summed E-state index contributed by atoms with van der Waals surface area (Å²) >= 11 is 0. The second-order valence-electron chi connectivity index (χ2n) is 6.37. The van der Waals surface area contributed by atoms with E-state index in [9.17, 15) is 22.8 Å². The van der Waals surface area contributed by atoms with E-state index in [1.807, 2.05) is 6.92 Å². The van der Waals surface area contributed by atoms with Crippen LogP contribution in [0.2, 0.25) is 0 Å². The molecular formula is C20H22F3N3O3. The largest absolute Gasteiger partial charge is 0.468 e. The minimum Gasteiger partial charge on any atom is -0.468 e. The fraction of sp³-hybridized carbons (Fsp3) is 0.400. The molecule has 0 aliphatic rings. The van der Waals surface area contributed by atoms with Crippen molar-refractivity contribution in [1.29, 1.82) is 0 Å². The van der Waals surface area contributed by atoms with Crippen LogP contribution in [-0.2, 0) is 11.2 Å². The molecule has 1 amide bonds. The number of amides is 1. The standard InChI is InChI=1S/C20H22F3N3O3/c1-3-16(27)10-15-9-13(7-8-24-15)19(28)26-17(4-2)14-5-6-18(25-11-14)29-12-20(21,22)23/h5-9,11,17H,3-4,10,12H2,1-2H3,(H,26,28). The van der Waals surface area contributed by atoms with E-state index in [2.05, 4.69) is 20.0 Å². The zero-order valence-corrected chi connectivity index (χ0v) is 16.1. The average Bonchev–Trinajstić information content (AvgIpc) is 2.70. The first kappa shape index (κ1) is 22.3. The predicted octanol–water partition coefficient (Wildman–Crippen LogP) is 3.82.